The number of rotatable bonds is 6. The minimum atomic E-state index is 0.0323. The van der Waals surface area contributed by atoms with Crippen LogP contribution in [0.4, 0.5) is 5.82 Å². The van der Waals surface area contributed by atoms with Gasteiger partial charge >= 0.3 is 0 Å². The maximum atomic E-state index is 12.7. The lowest BCUT2D eigenvalue weighted by atomic mass is 10.1. The maximum absolute atomic E-state index is 12.7. The van der Waals surface area contributed by atoms with Crippen LogP contribution in [0.15, 0.2) is 60.9 Å². The van der Waals surface area contributed by atoms with E-state index in [1.54, 1.807) is 0 Å². The van der Waals surface area contributed by atoms with Crippen molar-refractivity contribution in [3.8, 4) is 22.8 Å². The van der Waals surface area contributed by atoms with E-state index < -0.39 is 0 Å². The second kappa shape index (κ2) is 13.3. The molecule has 3 N–H and O–H groups in total. The van der Waals surface area contributed by atoms with Gasteiger partial charge < -0.3 is 30.2 Å². The highest BCUT2D eigenvalue weighted by atomic mass is 16.5. The summed E-state index contributed by atoms with van der Waals surface area (Å²) >= 11 is 0. The largest absolute Gasteiger partial charge is 0.457 e. The minimum absolute atomic E-state index is 0.0323. The SMILES string of the molecule is C1COCCN1.Nc1ncnc2c1c(-c1ccc(Oc3ccccc3)cc1)nn2C1CN(C(=O)CN2CCOCC2)C1. The second-order valence-electron chi connectivity index (χ2n) is 10.4. The molecule has 3 aliphatic heterocycles. The van der Waals surface area contributed by atoms with E-state index in [2.05, 4.69) is 20.2 Å². The van der Waals surface area contributed by atoms with Gasteiger partial charge in [-0.1, -0.05) is 18.2 Å². The standard InChI is InChI=1S/C26H27N7O3.C4H9NO/c27-25-23-24(18-6-8-21(9-7-18)36-20-4-2-1-3-5-20)30-33(26(23)29-17-28-25)19-14-32(15-19)22(34)16-31-10-12-35-13-11-31;1-3-6-4-2-5-1/h1-9,17,19H,10-16H2,(H2,27,28,29);5H,1-4H2. The number of hydrogen-bond acceptors (Lipinski definition) is 10. The van der Waals surface area contributed by atoms with Gasteiger partial charge in [0, 0.05) is 44.8 Å². The predicted molar refractivity (Wildman–Crippen MR) is 158 cm³/mol. The van der Waals surface area contributed by atoms with Gasteiger partial charge in [0.2, 0.25) is 5.91 Å². The van der Waals surface area contributed by atoms with Gasteiger partial charge in [-0.05, 0) is 36.4 Å². The molecule has 0 spiro atoms. The summed E-state index contributed by atoms with van der Waals surface area (Å²) in [5.41, 5.74) is 8.55. The number of ether oxygens (including phenoxy) is 3. The van der Waals surface area contributed by atoms with Gasteiger partial charge in [0.1, 0.15) is 29.3 Å². The third-order valence-electron chi connectivity index (χ3n) is 7.49. The smallest absolute Gasteiger partial charge is 0.236 e. The summed E-state index contributed by atoms with van der Waals surface area (Å²) in [6, 6.07) is 17.4. The molecule has 0 saturated carbocycles. The van der Waals surface area contributed by atoms with Crippen LogP contribution in [0.3, 0.4) is 0 Å². The van der Waals surface area contributed by atoms with E-state index in [9.17, 15) is 4.79 Å². The Bertz CT molecular complexity index is 1450. The topological polar surface area (TPSA) is 133 Å². The number of nitrogens with two attached hydrogens (primary N) is 1. The predicted octanol–water partition coefficient (Wildman–Crippen LogP) is 2.19. The van der Waals surface area contributed by atoms with Crippen molar-refractivity contribution in [2.75, 3.05) is 78.0 Å². The van der Waals surface area contributed by atoms with Crippen molar-refractivity contribution in [3.05, 3.63) is 60.9 Å². The molecule has 3 aliphatic rings. The fourth-order valence-electron chi connectivity index (χ4n) is 5.14. The fraction of sp³-hybridized carbons (Fsp3) is 0.400. The Morgan fingerprint density at radius 3 is 2.29 bits per heavy atom. The first kappa shape index (κ1) is 28.0. The molecule has 1 amide bonds. The molecule has 5 heterocycles. The van der Waals surface area contributed by atoms with Crippen molar-refractivity contribution < 1.29 is 19.0 Å². The molecule has 220 valence electrons. The number of aromatic nitrogens is 4. The molecule has 3 fully saturated rings. The molecule has 12 heteroatoms. The van der Waals surface area contributed by atoms with Gasteiger partial charge in [0.15, 0.2) is 5.65 Å². The van der Waals surface area contributed by atoms with Crippen molar-refractivity contribution in [1.29, 1.82) is 0 Å². The molecule has 4 aromatic rings. The monoisotopic (exact) mass is 572 g/mol. The van der Waals surface area contributed by atoms with Crippen LogP contribution >= 0.6 is 0 Å². The van der Waals surface area contributed by atoms with E-state index in [0.29, 0.717) is 55.4 Å². The van der Waals surface area contributed by atoms with Gasteiger partial charge in [-0.25, -0.2) is 14.6 Å². The Balaban J connectivity index is 0.000000470. The molecule has 0 atom stereocenters. The highest BCUT2D eigenvalue weighted by Crippen LogP contribution is 2.35. The Hall–Kier alpha value is -4.10. The van der Waals surface area contributed by atoms with E-state index in [1.165, 1.54) is 6.33 Å². The molecular weight excluding hydrogens is 536 g/mol. The summed E-state index contributed by atoms with van der Waals surface area (Å²) in [7, 11) is 0. The van der Waals surface area contributed by atoms with Crippen molar-refractivity contribution in [3.63, 3.8) is 0 Å². The molecule has 42 heavy (non-hydrogen) atoms. The fourth-order valence-corrected chi connectivity index (χ4v) is 5.14. The zero-order valence-electron chi connectivity index (χ0n) is 23.5. The first-order valence-electron chi connectivity index (χ1n) is 14.3. The Morgan fingerprint density at radius 2 is 1.62 bits per heavy atom. The number of nitrogen functional groups attached to an aromatic ring is 1. The molecule has 7 rings (SSSR count). The number of carbonyl (C=O) groups is 1. The van der Waals surface area contributed by atoms with E-state index in [1.807, 2.05) is 64.2 Å². The lowest BCUT2D eigenvalue weighted by molar-refractivity contribution is -0.139. The normalized spacial score (nSPS) is 17.8. The number of likely N-dealkylation sites (tertiary alicyclic amines) is 1. The van der Waals surface area contributed by atoms with Crippen LogP contribution in [0.25, 0.3) is 22.3 Å². The quantitative estimate of drug-likeness (QED) is 0.354. The molecule has 0 unspecified atom stereocenters. The molecule has 2 aromatic carbocycles. The van der Waals surface area contributed by atoms with Crippen molar-refractivity contribution in [1.82, 2.24) is 34.9 Å². The summed E-state index contributed by atoms with van der Waals surface area (Å²) in [5, 5.41) is 8.77. The highest BCUT2D eigenvalue weighted by molar-refractivity contribution is 5.98. The summed E-state index contributed by atoms with van der Waals surface area (Å²) in [4.78, 5) is 25.4. The molecule has 3 saturated heterocycles. The first-order chi connectivity index (χ1) is 20.7. The molecule has 0 aliphatic carbocycles. The van der Waals surface area contributed by atoms with Crippen molar-refractivity contribution in [2.45, 2.75) is 6.04 Å². The number of morpholine rings is 2. The number of benzene rings is 2. The second-order valence-corrected chi connectivity index (χ2v) is 10.4. The van der Waals surface area contributed by atoms with Crippen LogP contribution in [0.1, 0.15) is 6.04 Å². The van der Waals surface area contributed by atoms with Gasteiger partial charge in [0.25, 0.3) is 0 Å². The van der Waals surface area contributed by atoms with E-state index >= 15 is 0 Å². The van der Waals surface area contributed by atoms with Crippen LogP contribution < -0.4 is 15.8 Å². The number of amides is 1. The van der Waals surface area contributed by atoms with Crippen molar-refractivity contribution >= 4 is 22.8 Å². The maximum Gasteiger partial charge on any atom is 0.236 e. The third kappa shape index (κ3) is 6.52. The molecule has 12 nitrogen and oxygen atoms in total. The van der Waals surface area contributed by atoms with E-state index in [0.717, 1.165) is 56.5 Å². The summed E-state index contributed by atoms with van der Waals surface area (Å²) in [5.74, 6) is 2.01. The lowest BCUT2D eigenvalue weighted by Crippen LogP contribution is -2.54. The number of nitrogens with zero attached hydrogens (tertiary/aromatic N) is 6. The molecule has 2 aromatic heterocycles. The van der Waals surface area contributed by atoms with Crippen LogP contribution in [0.5, 0.6) is 11.5 Å². The van der Waals surface area contributed by atoms with Crippen molar-refractivity contribution in [2.24, 2.45) is 0 Å². The van der Waals surface area contributed by atoms with Gasteiger partial charge in [0.05, 0.1) is 44.4 Å². The molecular formula is C30H36N8O4. The average Bonchev–Trinajstić information content (AvgIpc) is 3.39. The molecule has 0 radical (unpaired) electrons. The van der Waals surface area contributed by atoms with Gasteiger partial charge in [-0.15, -0.1) is 0 Å². The minimum Gasteiger partial charge on any atom is -0.457 e. The number of fused-ring (bicyclic) bond motifs is 1. The van der Waals surface area contributed by atoms with Crippen LogP contribution in [0, 0.1) is 0 Å². The van der Waals surface area contributed by atoms with Gasteiger partial charge in [-0.2, -0.15) is 5.10 Å². The Kier molecular flexibility index (Phi) is 8.85. The third-order valence-corrected chi connectivity index (χ3v) is 7.49. The number of carbonyl (C=O) groups excluding carboxylic acids is 1. The number of para-hydroxylation sites is 1. The lowest BCUT2D eigenvalue weighted by Gasteiger charge is -2.40. The number of hydrogen-bond donors (Lipinski definition) is 2. The Labute approximate surface area is 244 Å². The average molecular weight is 573 g/mol. The van der Waals surface area contributed by atoms with Crippen LogP contribution in [-0.2, 0) is 14.3 Å². The van der Waals surface area contributed by atoms with E-state index in [-0.39, 0.29) is 11.9 Å². The number of nitrogens with one attached hydrogen (secondary N) is 1. The summed E-state index contributed by atoms with van der Waals surface area (Å²) < 4.78 is 18.2. The number of anilines is 1. The zero-order valence-corrected chi connectivity index (χ0v) is 23.5. The summed E-state index contributed by atoms with van der Waals surface area (Å²) in [6.45, 7) is 8.38. The zero-order chi connectivity index (χ0) is 28.7. The van der Waals surface area contributed by atoms with Gasteiger partial charge in [-0.3, -0.25) is 9.69 Å². The summed E-state index contributed by atoms with van der Waals surface area (Å²) in [6.07, 6.45) is 1.45. The molecule has 0 bridgehead atoms. The highest BCUT2D eigenvalue weighted by Gasteiger charge is 2.35. The van der Waals surface area contributed by atoms with E-state index in [4.69, 9.17) is 25.0 Å². The van der Waals surface area contributed by atoms with Crippen LogP contribution in [-0.4, -0.2) is 108 Å². The Morgan fingerprint density at radius 1 is 0.929 bits per heavy atom. The first-order valence-corrected chi connectivity index (χ1v) is 14.3. The van der Waals surface area contributed by atoms with Crippen LogP contribution in [0.2, 0.25) is 0 Å².